The summed E-state index contributed by atoms with van der Waals surface area (Å²) in [6, 6.07) is 0.660. The van der Waals surface area contributed by atoms with Crippen molar-refractivity contribution in [3.8, 4) is 0 Å². The minimum absolute atomic E-state index is 0.488. The zero-order chi connectivity index (χ0) is 9.26. The van der Waals surface area contributed by atoms with Crippen molar-refractivity contribution >= 4 is 5.82 Å². The molecule has 70 valence electrons. The van der Waals surface area contributed by atoms with Gasteiger partial charge < -0.3 is 5.32 Å². The molecule has 0 saturated heterocycles. The molecule has 0 bridgehead atoms. The molecule has 1 N–H and O–H groups in total. The topological polar surface area (TPSA) is 37.8 Å². The first kappa shape index (κ1) is 8.48. The van der Waals surface area contributed by atoms with Crippen molar-refractivity contribution in [2.24, 2.45) is 0 Å². The summed E-state index contributed by atoms with van der Waals surface area (Å²) in [4.78, 5) is 8.30. The number of hydrogen-bond donors (Lipinski definition) is 1. The van der Waals surface area contributed by atoms with E-state index in [1.54, 1.807) is 6.33 Å². The van der Waals surface area contributed by atoms with Crippen LogP contribution in [-0.4, -0.2) is 16.0 Å². The first-order valence-electron chi connectivity index (χ1n) is 4.84. The van der Waals surface area contributed by atoms with Crippen LogP contribution < -0.4 is 5.32 Å². The lowest BCUT2D eigenvalue weighted by Gasteiger charge is -2.11. The number of aromatic nitrogens is 2. The molecule has 2 rings (SSSR count). The average Bonchev–Trinajstić information content (AvgIpc) is 2.89. The highest BCUT2D eigenvalue weighted by molar-refractivity contribution is 5.45. The van der Waals surface area contributed by atoms with Gasteiger partial charge in [0.05, 0.1) is 0 Å². The maximum Gasteiger partial charge on any atom is 0.133 e. The molecule has 3 nitrogen and oxygen atoms in total. The van der Waals surface area contributed by atoms with Gasteiger partial charge in [0.1, 0.15) is 12.1 Å². The van der Waals surface area contributed by atoms with E-state index >= 15 is 0 Å². The molecule has 3 heteroatoms. The summed E-state index contributed by atoms with van der Waals surface area (Å²) in [6.07, 6.45) is 6.07. The van der Waals surface area contributed by atoms with E-state index in [9.17, 15) is 0 Å². The van der Waals surface area contributed by atoms with E-state index in [4.69, 9.17) is 0 Å². The Kier molecular flexibility index (Phi) is 2.17. The van der Waals surface area contributed by atoms with Gasteiger partial charge in [-0.2, -0.15) is 0 Å². The molecule has 1 aliphatic rings. The SMILES string of the molecule is CC(C)c1cncnc1NC1CC1. The van der Waals surface area contributed by atoms with Gasteiger partial charge in [-0.15, -0.1) is 0 Å². The molecule has 0 amide bonds. The van der Waals surface area contributed by atoms with Crippen LogP contribution in [0.1, 0.15) is 38.2 Å². The molecule has 0 aliphatic heterocycles. The molecule has 1 aromatic heterocycles. The van der Waals surface area contributed by atoms with E-state index in [0.717, 1.165) is 5.82 Å². The van der Waals surface area contributed by atoms with Crippen LogP contribution in [0.25, 0.3) is 0 Å². The molecular formula is C10H15N3. The Bertz CT molecular complexity index is 292. The van der Waals surface area contributed by atoms with Crippen LogP contribution in [0.5, 0.6) is 0 Å². The van der Waals surface area contributed by atoms with Gasteiger partial charge in [0, 0.05) is 17.8 Å². The number of nitrogens with one attached hydrogen (secondary N) is 1. The monoisotopic (exact) mass is 177 g/mol. The normalized spacial score (nSPS) is 16.2. The molecule has 1 saturated carbocycles. The molecule has 0 atom stereocenters. The van der Waals surface area contributed by atoms with Gasteiger partial charge in [0.25, 0.3) is 0 Å². The van der Waals surface area contributed by atoms with Crippen LogP contribution in [0.3, 0.4) is 0 Å². The van der Waals surface area contributed by atoms with E-state index in [2.05, 4.69) is 29.1 Å². The zero-order valence-electron chi connectivity index (χ0n) is 8.12. The highest BCUT2D eigenvalue weighted by Crippen LogP contribution is 2.27. The van der Waals surface area contributed by atoms with Gasteiger partial charge in [-0.25, -0.2) is 9.97 Å². The minimum Gasteiger partial charge on any atom is -0.367 e. The maximum absolute atomic E-state index is 4.26. The van der Waals surface area contributed by atoms with Crippen LogP contribution in [0.15, 0.2) is 12.5 Å². The van der Waals surface area contributed by atoms with Crippen LogP contribution in [0.4, 0.5) is 5.82 Å². The largest absolute Gasteiger partial charge is 0.367 e. The molecule has 0 spiro atoms. The highest BCUT2D eigenvalue weighted by atomic mass is 15.1. The summed E-state index contributed by atoms with van der Waals surface area (Å²) in [5.74, 6) is 1.51. The van der Waals surface area contributed by atoms with Gasteiger partial charge >= 0.3 is 0 Å². The molecule has 0 unspecified atom stereocenters. The van der Waals surface area contributed by atoms with Crippen LogP contribution in [0, 0.1) is 0 Å². The summed E-state index contributed by atoms with van der Waals surface area (Å²) in [6.45, 7) is 4.33. The fourth-order valence-electron chi connectivity index (χ4n) is 1.30. The van der Waals surface area contributed by atoms with Crippen molar-refractivity contribution < 1.29 is 0 Å². The van der Waals surface area contributed by atoms with Crippen LogP contribution >= 0.6 is 0 Å². The van der Waals surface area contributed by atoms with Gasteiger partial charge in [-0.05, 0) is 18.8 Å². The molecule has 0 aromatic carbocycles. The van der Waals surface area contributed by atoms with Crippen LogP contribution in [0.2, 0.25) is 0 Å². The lowest BCUT2D eigenvalue weighted by Crippen LogP contribution is -2.07. The van der Waals surface area contributed by atoms with Crippen molar-refractivity contribution in [1.82, 2.24) is 9.97 Å². The number of nitrogens with zero attached hydrogens (tertiary/aromatic N) is 2. The fraction of sp³-hybridized carbons (Fsp3) is 0.600. The lowest BCUT2D eigenvalue weighted by molar-refractivity contribution is 0.844. The van der Waals surface area contributed by atoms with Gasteiger partial charge in [-0.1, -0.05) is 13.8 Å². The van der Waals surface area contributed by atoms with E-state index < -0.39 is 0 Å². The van der Waals surface area contributed by atoms with Crippen molar-refractivity contribution in [2.45, 2.75) is 38.6 Å². The predicted octanol–water partition coefficient (Wildman–Crippen LogP) is 2.17. The van der Waals surface area contributed by atoms with Crippen molar-refractivity contribution in [3.63, 3.8) is 0 Å². The summed E-state index contributed by atoms with van der Waals surface area (Å²) in [5.41, 5.74) is 1.22. The zero-order valence-corrected chi connectivity index (χ0v) is 8.12. The first-order chi connectivity index (χ1) is 6.27. The molecule has 1 aromatic rings. The lowest BCUT2D eigenvalue weighted by atomic mass is 10.1. The maximum atomic E-state index is 4.26. The predicted molar refractivity (Wildman–Crippen MR) is 52.8 cm³/mol. The van der Waals surface area contributed by atoms with Gasteiger partial charge in [0.2, 0.25) is 0 Å². The smallest absolute Gasteiger partial charge is 0.133 e. The Balaban J connectivity index is 2.20. The third-order valence-corrected chi connectivity index (χ3v) is 2.28. The number of rotatable bonds is 3. The number of hydrogen-bond acceptors (Lipinski definition) is 3. The van der Waals surface area contributed by atoms with Gasteiger partial charge in [-0.3, -0.25) is 0 Å². The number of anilines is 1. The quantitative estimate of drug-likeness (QED) is 0.769. The minimum atomic E-state index is 0.488. The van der Waals surface area contributed by atoms with Crippen molar-refractivity contribution in [2.75, 3.05) is 5.32 Å². The third kappa shape index (κ3) is 1.97. The summed E-state index contributed by atoms with van der Waals surface area (Å²) < 4.78 is 0. The van der Waals surface area contributed by atoms with E-state index in [1.165, 1.54) is 18.4 Å². The van der Waals surface area contributed by atoms with E-state index in [0.29, 0.717) is 12.0 Å². The molecule has 1 fully saturated rings. The van der Waals surface area contributed by atoms with Crippen molar-refractivity contribution in [1.29, 1.82) is 0 Å². The highest BCUT2D eigenvalue weighted by Gasteiger charge is 2.22. The summed E-state index contributed by atoms with van der Waals surface area (Å²) >= 11 is 0. The Morgan fingerprint density at radius 1 is 1.46 bits per heavy atom. The molecular weight excluding hydrogens is 162 g/mol. The summed E-state index contributed by atoms with van der Waals surface area (Å²) in [7, 11) is 0. The second kappa shape index (κ2) is 3.32. The standard InChI is InChI=1S/C10H15N3/c1-7(2)9-5-11-6-12-10(9)13-8-3-4-8/h5-8H,3-4H2,1-2H3,(H,11,12,13). The Morgan fingerprint density at radius 3 is 2.85 bits per heavy atom. The second-order valence-corrected chi connectivity index (χ2v) is 3.90. The second-order valence-electron chi connectivity index (χ2n) is 3.90. The first-order valence-corrected chi connectivity index (χ1v) is 4.84. The van der Waals surface area contributed by atoms with Gasteiger partial charge in [0.15, 0.2) is 0 Å². The summed E-state index contributed by atoms with van der Waals surface area (Å²) in [5, 5.41) is 3.41. The van der Waals surface area contributed by atoms with E-state index in [-0.39, 0.29) is 0 Å². The third-order valence-electron chi connectivity index (χ3n) is 2.28. The Hall–Kier alpha value is -1.12. The Labute approximate surface area is 78.6 Å². The molecule has 1 aliphatic carbocycles. The molecule has 1 heterocycles. The van der Waals surface area contributed by atoms with Crippen LogP contribution in [-0.2, 0) is 0 Å². The van der Waals surface area contributed by atoms with E-state index in [1.807, 2.05) is 6.20 Å². The fourth-order valence-corrected chi connectivity index (χ4v) is 1.30. The van der Waals surface area contributed by atoms with Crippen molar-refractivity contribution in [3.05, 3.63) is 18.1 Å². The Morgan fingerprint density at radius 2 is 2.23 bits per heavy atom. The molecule has 0 radical (unpaired) electrons. The molecule has 13 heavy (non-hydrogen) atoms. The average molecular weight is 177 g/mol.